The number of rotatable bonds is 4. The van der Waals surface area contributed by atoms with Crippen molar-refractivity contribution in [1.82, 2.24) is 24.4 Å². The van der Waals surface area contributed by atoms with Crippen LogP contribution < -0.4 is 10.5 Å². The second-order valence-electron chi connectivity index (χ2n) is 8.13. The number of nitrogens with zero attached hydrogens (tertiary/aromatic N) is 6. The Morgan fingerprint density at radius 3 is 2.61 bits per heavy atom. The molecule has 0 radical (unpaired) electrons. The predicted molar refractivity (Wildman–Crippen MR) is 126 cm³/mol. The lowest BCUT2D eigenvalue weighted by molar-refractivity contribution is 0.0745. The molecule has 0 aliphatic carbocycles. The van der Waals surface area contributed by atoms with E-state index < -0.39 is 0 Å². The van der Waals surface area contributed by atoms with Crippen LogP contribution in [0.4, 0.5) is 5.82 Å². The lowest BCUT2D eigenvalue weighted by Gasteiger charge is -2.35. The molecule has 1 aliphatic rings. The Morgan fingerprint density at radius 1 is 1.03 bits per heavy atom. The van der Waals surface area contributed by atoms with Gasteiger partial charge in [0.15, 0.2) is 0 Å². The molecule has 0 atom stereocenters. The van der Waals surface area contributed by atoms with E-state index in [4.69, 9.17) is 0 Å². The monoisotopic (exact) mass is 440 g/mol. The van der Waals surface area contributed by atoms with Crippen molar-refractivity contribution in [3.63, 3.8) is 0 Å². The number of hydrogen-bond acceptors (Lipinski definition) is 6. The van der Waals surface area contributed by atoms with E-state index >= 15 is 0 Å². The molecule has 8 nitrogen and oxygen atoms in total. The number of carbonyl (C=O) groups is 1. The maximum absolute atomic E-state index is 13.3. The van der Waals surface area contributed by atoms with Crippen LogP contribution in [0.5, 0.6) is 0 Å². The first-order chi connectivity index (χ1) is 16.1. The summed E-state index contributed by atoms with van der Waals surface area (Å²) in [5.74, 6) is 0.826. The van der Waals surface area contributed by atoms with E-state index in [0.29, 0.717) is 54.9 Å². The fourth-order valence-electron chi connectivity index (χ4n) is 4.18. The largest absolute Gasteiger partial charge is 0.353 e. The van der Waals surface area contributed by atoms with Crippen molar-refractivity contribution in [2.24, 2.45) is 0 Å². The van der Waals surface area contributed by atoms with Crippen LogP contribution in [-0.2, 0) is 6.54 Å². The molecule has 0 unspecified atom stereocenters. The number of piperazine rings is 1. The third-order valence-corrected chi connectivity index (χ3v) is 5.99. The number of carbonyl (C=O) groups excluding carboxylic acids is 1. The van der Waals surface area contributed by atoms with Gasteiger partial charge in [0.2, 0.25) is 0 Å². The highest BCUT2D eigenvalue weighted by Gasteiger charge is 2.25. The number of aryl methyl sites for hydroxylation is 1. The number of aromatic nitrogens is 4. The lowest BCUT2D eigenvalue weighted by atomic mass is 10.1. The summed E-state index contributed by atoms with van der Waals surface area (Å²) in [6, 6.07) is 13.1. The molecule has 33 heavy (non-hydrogen) atoms. The number of amides is 1. The topological polar surface area (TPSA) is 84.2 Å². The first kappa shape index (κ1) is 20.8. The summed E-state index contributed by atoms with van der Waals surface area (Å²) in [5.41, 5.74) is 2.46. The van der Waals surface area contributed by atoms with Crippen LogP contribution in [0.15, 0.2) is 72.0 Å². The molecule has 0 aromatic carbocycles. The fourth-order valence-corrected chi connectivity index (χ4v) is 4.18. The molecule has 0 N–H and O–H groups in total. The van der Waals surface area contributed by atoms with Gasteiger partial charge in [-0.2, -0.15) is 0 Å². The minimum absolute atomic E-state index is 0.0929. The molecule has 1 saturated heterocycles. The molecule has 0 saturated carbocycles. The molecule has 5 rings (SSSR count). The SMILES string of the molecule is Cc1nc2ccn(Cc3cccnc3)c(=O)c2cc1C(=O)N1CCN(c2ccccn2)CC1. The summed E-state index contributed by atoms with van der Waals surface area (Å²) in [7, 11) is 0. The lowest BCUT2D eigenvalue weighted by Crippen LogP contribution is -2.49. The average Bonchev–Trinajstić information content (AvgIpc) is 2.86. The smallest absolute Gasteiger partial charge is 0.260 e. The normalized spacial score (nSPS) is 14.0. The van der Waals surface area contributed by atoms with Crippen molar-refractivity contribution in [2.45, 2.75) is 13.5 Å². The third-order valence-electron chi connectivity index (χ3n) is 5.99. The van der Waals surface area contributed by atoms with E-state index in [0.717, 1.165) is 11.4 Å². The van der Waals surface area contributed by atoms with Crippen molar-refractivity contribution in [2.75, 3.05) is 31.1 Å². The Balaban J connectivity index is 1.39. The van der Waals surface area contributed by atoms with Gasteiger partial charge >= 0.3 is 0 Å². The first-order valence-corrected chi connectivity index (χ1v) is 10.9. The van der Waals surface area contributed by atoms with Gasteiger partial charge in [0, 0.05) is 51.0 Å². The highest BCUT2D eigenvalue weighted by atomic mass is 16.2. The minimum Gasteiger partial charge on any atom is -0.353 e. The average molecular weight is 441 g/mol. The molecule has 8 heteroatoms. The molecule has 5 heterocycles. The Labute approximate surface area is 191 Å². The molecule has 0 bridgehead atoms. The minimum atomic E-state index is -0.169. The van der Waals surface area contributed by atoms with Crippen molar-refractivity contribution >= 4 is 22.6 Å². The summed E-state index contributed by atoms with van der Waals surface area (Å²) in [5, 5.41) is 0.447. The second kappa shape index (κ2) is 8.82. The molecular weight excluding hydrogens is 416 g/mol. The van der Waals surface area contributed by atoms with Crippen LogP contribution in [0.25, 0.3) is 10.9 Å². The Bertz CT molecular complexity index is 1350. The van der Waals surface area contributed by atoms with E-state index in [1.807, 2.05) is 48.2 Å². The van der Waals surface area contributed by atoms with Crippen LogP contribution in [-0.4, -0.2) is 56.5 Å². The van der Waals surface area contributed by atoms with E-state index in [-0.39, 0.29) is 11.5 Å². The predicted octanol–water partition coefficient (Wildman–Crippen LogP) is 2.51. The molecule has 0 spiro atoms. The summed E-state index contributed by atoms with van der Waals surface area (Å²) in [4.78, 5) is 43.6. The van der Waals surface area contributed by atoms with Gasteiger partial charge < -0.3 is 14.4 Å². The quantitative estimate of drug-likeness (QED) is 0.485. The molecule has 4 aromatic rings. The van der Waals surface area contributed by atoms with E-state index in [9.17, 15) is 9.59 Å². The molecule has 1 fully saturated rings. The molecular formula is C25H24N6O2. The van der Waals surface area contributed by atoms with E-state index in [2.05, 4.69) is 19.9 Å². The van der Waals surface area contributed by atoms with Crippen LogP contribution in [0, 0.1) is 6.92 Å². The third kappa shape index (κ3) is 4.19. The number of anilines is 1. The van der Waals surface area contributed by atoms with Gasteiger partial charge in [0.05, 0.1) is 28.7 Å². The van der Waals surface area contributed by atoms with Crippen LogP contribution in [0.2, 0.25) is 0 Å². The molecule has 4 aromatic heterocycles. The van der Waals surface area contributed by atoms with Crippen LogP contribution in [0.1, 0.15) is 21.6 Å². The highest BCUT2D eigenvalue weighted by molar-refractivity contribution is 5.98. The zero-order valence-corrected chi connectivity index (χ0v) is 18.4. The summed E-state index contributed by atoms with van der Waals surface area (Å²) in [6.07, 6.45) is 6.96. The van der Waals surface area contributed by atoms with Gasteiger partial charge in [-0.05, 0) is 42.8 Å². The van der Waals surface area contributed by atoms with Crippen molar-refractivity contribution in [3.8, 4) is 0 Å². The van der Waals surface area contributed by atoms with Crippen molar-refractivity contribution < 1.29 is 4.79 Å². The van der Waals surface area contributed by atoms with Crippen LogP contribution in [0.3, 0.4) is 0 Å². The van der Waals surface area contributed by atoms with Gasteiger partial charge in [0.1, 0.15) is 5.82 Å². The van der Waals surface area contributed by atoms with Crippen LogP contribution >= 0.6 is 0 Å². The van der Waals surface area contributed by atoms with E-state index in [1.165, 1.54) is 0 Å². The molecule has 1 amide bonds. The highest BCUT2D eigenvalue weighted by Crippen LogP contribution is 2.18. The number of hydrogen-bond donors (Lipinski definition) is 0. The van der Waals surface area contributed by atoms with Crippen molar-refractivity contribution in [3.05, 3.63) is 94.4 Å². The van der Waals surface area contributed by atoms with Gasteiger partial charge in [0.25, 0.3) is 11.5 Å². The zero-order valence-electron chi connectivity index (χ0n) is 18.4. The number of pyridine rings is 4. The summed E-state index contributed by atoms with van der Waals surface area (Å²) < 4.78 is 1.62. The maximum Gasteiger partial charge on any atom is 0.260 e. The van der Waals surface area contributed by atoms with Gasteiger partial charge in [-0.1, -0.05) is 12.1 Å². The van der Waals surface area contributed by atoms with E-state index in [1.54, 1.807) is 35.4 Å². The fraction of sp³-hybridized carbons (Fsp3) is 0.240. The maximum atomic E-state index is 13.3. The Hall–Kier alpha value is -4.07. The summed E-state index contributed by atoms with van der Waals surface area (Å²) >= 11 is 0. The van der Waals surface area contributed by atoms with Gasteiger partial charge in [-0.25, -0.2) is 4.98 Å². The standard InChI is InChI=1S/C25H24N6O2/c1-18-20(24(32)30-13-11-29(12-14-30)23-6-2-3-9-27-23)15-21-22(28-18)7-10-31(25(21)33)17-19-5-4-8-26-16-19/h2-10,15-16H,11-14,17H2,1H3. The second-order valence-corrected chi connectivity index (χ2v) is 8.13. The Kier molecular flexibility index (Phi) is 5.56. The van der Waals surface area contributed by atoms with Crippen molar-refractivity contribution in [1.29, 1.82) is 0 Å². The summed E-state index contributed by atoms with van der Waals surface area (Å²) in [6.45, 7) is 4.83. The molecule has 166 valence electrons. The first-order valence-electron chi connectivity index (χ1n) is 10.9. The van der Waals surface area contributed by atoms with Gasteiger partial charge in [-0.3, -0.25) is 19.6 Å². The number of fused-ring (bicyclic) bond motifs is 1. The zero-order chi connectivity index (χ0) is 22.8. The Morgan fingerprint density at radius 2 is 1.88 bits per heavy atom. The van der Waals surface area contributed by atoms with Gasteiger partial charge in [-0.15, -0.1) is 0 Å². The molecule has 1 aliphatic heterocycles.